The van der Waals surface area contributed by atoms with Crippen molar-refractivity contribution in [1.29, 1.82) is 5.26 Å². The highest BCUT2D eigenvalue weighted by Crippen LogP contribution is 2.58. The lowest BCUT2D eigenvalue weighted by atomic mass is 9.49. The van der Waals surface area contributed by atoms with E-state index < -0.39 is 51.7 Å². The summed E-state index contributed by atoms with van der Waals surface area (Å²) in [6, 6.07) is 14.5. The number of methoxy groups -OCH3 is 1. The molecule has 0 N–H and O–H groups in total. The number of hydrogen-bond donors (Lipinski definition) is 0. The van der Waals surface area contributed by atoms with Gasteiger partial charge in [0.05, 0.1) is 51.3 Å². The first-order chi connectivity index (χ1) is 35.1. The van der Waals surface area contributed by atoms with Gasteiger partial charge < -0.3 is 38.7 Å². The van der Waals surface area contributed by atoms with Crippen LogP contribution < -0.4 is 9.64 Å². The van der Waals surface area contributed by atoms with E-state index >= 15 is 0 Å². The summed E-state index contributed by atoms with van der Waals surface area (Å²) in [4.78, 5) is 74.3. The molecule has 0 spiro atoms. The summed E-state index contributed by atoms with van der Waals surface area (Å²) in [6.07, 6.45) is -1.27. The second-order valence-corrected chi connectivity index (χ2v) is 23.1. The van der Waals surface area contributed by atoms with Crippen molar-refractivity contribution in [2.24, 2.45) is 16.2 Å². The number of likely N-dealkylation sites (N-methyl/N-ethyl adjacent to an activating group) is 2. The third kappa shape index (κ3) is 12.9. The number of anilines is 1. The highest BCUT2D eigenvalue weighted by Gasteiger charge is 2.66. The minimum atomic E-state index is -4.72. The maximum Gasteiger partial charge on any atom is 0.417 e. The van der Waals surface area contributed by atoms with Gasteiger partial charge >= 0.3 is 6.18 Å². The number of carbonyl (C=O) groups excluding carboxylic acids is 4. The summed E-state index contributed by atoms with van der Waals surface area (Å²) < 4.78 is 58.8. The smallest absolute Gasteiger partial charge is 0.417 e. The predicted molar refractivity (Wildman–Crippen MR) is 282 cm³/mol. The number of ether oxygens (including phenoxy) is 3. The Balaban J connectivity index is 0.946. The lowest BCUT2D eigenvalue weighted by Crippen LogP contribution is -2.74. The Bertz CT molecular complexity index is 2680. The third-order valence-electron chi connectivity index (χ3n) is 14.8. The van der Waals surface area contributed by atoms with Crippen LogP contribution in [0.25, 0.3) is 10.4 Å². The molecular weight excluding hydrogens is 986 g/mol. The second kappa shape index (κ2) is 23.4. The van der Waals surface area contributed by atoms with E-state index in [2.05, 4.69) is 9.97 Å². The summed E-state index contributed by atoms with van der Waals surface area (Å²) in [5, 5.41) is 9.21. The number of pyridine rings is 1. The van der Waals surface area contributed by atoms with Crippen molar-refractivity contribution in [3.63, 3.8) is 0 Å². The molecule has 2 aromatic carbocycles. The molecule has 75 heavy (non-hydrogen) atoms. The average molecular weight is 1060 g/mol. The van der Waals surface area contributed by atoms with Gasteiger partial charge in [0.25, 0.3) is 5.91 Å². The van der Waals surface area contributed by atoms with Gasteiger partial charge in [0, 0.05) is 84.8 Å². The molecule has 2 aromatic heterocycles. The first-order valence-electron chi connectivity index (χ1n) is 25.3. The molecular formula is C56H73F3N8O7S. The maximum atomic E-state index is 14.5. The van der Waals surface area contributed by atoms with E-state index in [1.807, 2.05) is 103 Å². The molecule has 0 bridgehead atoms. The van der Waals surface area contributed by atoms with Gasteiger partial charge in [-0.1, -0.05) is 72.7 Å². The van der Waals surface area contributed by atoms with Crippen molar-refractivity contribution in [1.82, 2.24) is 29.6 Å². The minimum absolute atomic E-state index is 0.00246. The van der Waals surface area contributed by atoms with Crippen LogP contribution in [0.2, 0.25) is 0 Å². The molecule has 0 radical (unpaired) electrons. The Kier molecular flexibility index (Phi) is 18.2. The van der Waals surface area contributed by atoms with E-state index in [1.54, 1.807) is 72.6 Å². The molecule has 3 atom stereocenters. The van der Waals surface area contributed by atoms with Gasteiger partial charge in [0.15, 0.2) is 0 Å². The standard InChI is InChI=1S/C56H73F3N8O7S/c1-35-46(75-34-62-35)37-19-17-36(18-20-37)31-64(10)49(70)44-28-41(72-13)32-67(44)50(71)47(53(2,3)4)65(11)45(68)33-73-26-16-14-15-25-63(9)39-22-24-43(61-30-39)48(69)66(12)51-54(5,6)52(55(51,7)8)74-40-23-21-38(29-60)42(27-40)56(57,58)59/h17-24,27,30,34,41,44,47,51-52H,14-16,25-26,28,31-33H2,1-13H3/t41-,44+,47-,51-,52-/m1/s1. The predicted octanol–water partition coefficient (Wildman–Crippen LogP) is 9.13. The largest absolute Gasteiger partial charge is 0.489 e. The Labute approximate surface area is 443 Å². The molecule has 0 unspecified atom stereocenters. The normalized spacial score (nSPS) is 19.4. The molecule has 1 saturated heterocycles. The number of nitriles is 1. The molecule has 6 rings (SSSR count). The molecule has 406 valence electrons. The summed E-state index contributed by atoms with van der Waals surface area (Å²) >= 11 is 1.58. The average Bonchev–Trinajstić information content (AvgIpc) is 4.00. The number of rotatable bonds is 20. The van der Waals surface area contributed by atoms with Gasteiger partial charge in [-0.3, -0.25) is 19.2 Å². The quantitative estimate of drug-likeness (QED) is 0.0777. The van der Waals surface area contributed by atoms with Crippen molar-refractivity contribution >= 4 is 40.7 Å². The topological polar surface area (TPSA) is 162 Å². The van der Waals surface area contributed by atoms with Crippen LogP contribution in [-0.4, -0.2) is 145 Å². The number of amides is 4. The van der Waals surface area contributed by atoms with E-state index in [1.165, 1.54) is 11.0 Å². The number of hydrogen-bond acceptors (Lipinski definition) is 12. The fourth-order valence-electron chi connectivity index (χ4n) is 11.4. The van der Waals surface area contributed by atoms with E-state index in [0.717, 1.165) is 52.4 Å². The van der Waals surface area contributed by atoms with Gasteiger partial charge in [-0.05, 0) is 73.1 Å². The number of nitrogens with zero attached hydrogens (tertiary/aromatic N) is 8. The van der Waals surface area contributed by atoms with Crippen LogP contribution in [0.3, 0.4) is 0 Å². The monoisotopic (exact) mass is 1060 g/mol. The molecule has 1 aliphatic heterocycles. The lowest BCUT2D eigenvalue weighted by molar-refractivity contribution is -0.195. The number of aryl methyl sites for hydroxylation is 1. The van der Waals surface area contributed by atoms with Crippen molar-refractivity contribution in [3.8, 4) is 22.3 Å². The van der Waals surface area contributed by atoms with Crippen molar-refractivity contribution in [2.75, 3.05) is 66.5 Å². The van der Waals surface area contributed by atoms with Crippen molar-refractivity contribution in [3.05, 3.63) is 94.4 Å². The number of carbonyl (C=O) groups is 4. The van der Waals surface area contributed by atoms with Crippen LogP contribution in [0.15, 0.2) is 66.3 Å². The van der Waals surface area contributed by atoms with Crippen LogP contribution in [-0.2, 0) is 36.6 Å². The summed E-state index contributed by atoms with van der Waals surface area (Å²) in [5.74, 6) is -1.16. The SMILES string of the molecule is CO[C@@H]1C[C@@H](C(=O)N(C)Cc2ccc(-c3scnc3C)cc2)N(C(=O)[C@@H](N(C)C(=O)COCCCCCN(C)c2ccc(C(=O)N(C)[C@H]3C(C)(C)[C@H](Oc4ccc(C#N)c(C(F)(F)F)c4)C3(C)C)nc2)C(C)(C)C)C1. The number of thiazole rings is 1. The van der Waals surface area contributed by atoms with Crippen LogP contribution in [0, 0.1) is 34.5 Å². The molecule has 1 aliphatic carbocycles. The van der Waals surface area contributed by atoms with Crippen LogP contribution in [0.1, 0.15) is 107 Å². The zero-order valence-electron chi connectivity index (χ0n) is 45.6. The van der Waals surface area contributed by atoms with Crippen LogP contribution in [0.4, 0.5) is 18.9 Å². The van der Waals surface area contributed by atoms with Gasteiger partial charge in [-0.15, -0.1) is 11.3 Å². The highest BCUT2D eigenvalue weighted by molar-refractivity contribution is 7.13. The number of alkyl halides is 3. The molecule has 4 aromatic rings. The Morgan fingerprint density at radius 1 is 0.933 bits per heavy atom. The van der Waals surface area contributed by atoms with Crippen molar-refractivity contribution in [2.45, 2.75) is 124 Å². The van der Waals surface area contributed by atoms with E-state index in [9.17, 15) is 37.6 Å². The zero-order chi connectivity index (χ0) is 55.4. The number of unbranched alkanes of at least 4 members (excludes halogenated alkanes) is 2. The fourth-order valence-corrected chi connectivity index (χ4v) is 12.3. The fraction of sp³-hybridized carbons (Fsp3) is 0.554. The molecule has 4 amide bonds. The summed E-state index contributed by atoms with van der Waals surface area (Å²) in [5.41, 5.74) is 2.36. The van der Waals surface area contributed by atoms with E-state index in [-0.39, 0.29) is 60.4 Å². The second-order valence-electron chi connectivity index (χ2n) is 22.2. The number of halogens is 3. The summed E-state index contributed by atoms with van der Waals surface area (Å²) in [7, 11) is 8.56. The molecule has 3 heterocycles. The number of aromatic nitrogens is 2. The Hall–Kier alpha value is -6.10. The van der Waals surface area contributed by atoms with E-state index in [4.69, 9.17) is 14.2 Å². The van der Waals surface area contributed by atoms with Gasteiger partial charge in [-0.2, -0.15) is 18.4 Å². The Morgan fingerprint density at radius 2 is 1.61 bits per heavy atom. The van der Waals surface area contributed by atoms with Crippen LogP contribution >= 0.6 is 11.3 Å². The molecule has 1 saturated carbocycles. The maximum absolute atomic E-state index is 14.5. The minimum Gasteiger partial charge on any atom is -0.489 e. The zero-order valence-corrected chi connectivity index (χ0v) is 46.4. The first kappa shape index (κ1) is 58.2. The van der Waals surface area contributed by atoms with Gasteiger partial charge in [0.2, 0.25) is 17.7 Å². The Morgan fingerprint density at radius 3 is 2.19 bits per heavy atom. The molecule has 15 nitrogen and oxygen atoms in total. The number of benzene rings is 2. The molecule has 2 aliphatic rings. The molecule has 2 fully saturated rings. The first-order valence-corrected chi connectivity index (χ1v) is 26.1. The van der Waals surface area contributed by atoms with Crippen molar-refractivity contribution < 1.29 is 46.6 Å². The van der Waals surface area contributed by atoms with Crippen LogP contribution in [0.5, 0.6) is 5.75 Å². The van der Waals surface area contributed by atoms with Gasteiger partial charge in [0.1, 0.15) is 36.2 Å². The molecule has 19 heteroatoms. The lowest BCUT2D eigenvalue weighted by Gasteiger charge is -2.65. The van der Waals surface area contributed by atoms with Gasteiger partial charge in [-0.25, -0.2) is 9.97 Å². The third-order valence-corrected chi connectivity index (χ3v) is 15.8. The number of likely N-dealkylation sites (tertiary alicyclic amines) is 1. The highest BCUT2D eigenvalue weighted by atomic mass is 32.1. The summed E-state index contributed by atoms with van der Waals surface area (Å²) in [6.45, 7) is 16.8. The van der Waals surface area contributed by atoms with E-state index in [0.29, 0.717) is 32.5 Å².